The predicted octanol–water partition coefficient (Wildman–Crippen LogP) is -0.157. The summed E-state index contributed by atoms with van der Waals surface area (Å²) < 4.78 is 4.75. The number of ether oxygens (including phenoxy) is 1. The Bertz CT molecular complexity index is 258. The molecule has 72 valence electrons. The Kier molecular flexibility index (Phi) is 3.45. The van der Waals surface area contributed by atoms with E-state index in [4.69, 9.17) is 10.5 Å². The van der Waals surface area contributed by atoms with Gasteiger partial charge in [0.2, 0.25) is 0 Å². The normalized spacial score (nSPS) is 12.5. The molecule has 0 radical (unpaired) electrons. The third kappa shape index (κ3) is 2.87. The number of nitrogens with zero attached hydrogens (tertiary/aromatic N) is 1. The predicted molar refractivity (Wildman–Crippen MR) is 46.9 cm³/mol. The molecule has 1 atom stereocenters. The Labute approximate surface area is 76.3 Å². The molecule has 1 heterocycles. The van der Waals surface area contributed by atoms with Crippen molar-refractivity contribution >= 4 is 5.97 Å². The second-order valence-electron chi connectivity index (χ2n) is 2.64. The van der Waals surface area contributed by atoms with E-state index >= 15 is 0 Å². The summed E-state index contributed by atoms with van der Waals surface area (Å²) in [6.07, 6.45) is 3.62. The van der Waals surface area contributed by atoms with Crippen molar-refractivity contribution < 1.29 is 9.53 Å². The van der Waals surface area contributed by atoms with Gasteiger partial charge < -0.3 is 15.5 Å². The molecule has 0 aromatic carbocycles. The second kappa shape index (κ2) is 4.61. The van der Waals surface area contributed by atoms with Crippen molar-refractivity contribution in [3.8, 4) is 0 Å². The maximum atomic E-state index is 11.1. The van der Waals surface area contributed by atoms with E-state index in [1.165, 1.54) is 0 Å². The molecule has 1 rings (SSSR count). The average molecular weight is 183 g/mol. The molecule has 0 amide bonds. The number of H-pyrrole nitrogens is 1. The zero-order valence-corrected chi connectivity index (χ0v) is 7.49. The van der Waals surface area contributed by atoms with Crippen molar-refractivity contribution in [2.24, 2.45) is 5.73 Å². The largest absolute Gasteiger partial charge is 0.465 e. The molecule has 1 aromatic heterocycles. The lowest BCUT2D eigenvalue weighted by molar-refractivity contribution is -0.144. The lowest BCUT2D eigenvalue weighted by atomic mass is 10.2. The van der Waals surface area contributed by atoms with Crippen LogP contribution in [-0.2, 0) is 16.0 Å². The van der Waals surface area contributed by atoms with E-state index in [1.54, 1.807) is 19.4 Å². The maximum Gasteiger partial charge on any atom is 0.323 e. The minimum Gasteiger partial charge on any atom is -0.465 e. The molecule has 5 nitrogen and oxygen atoms in total. The molecule has 13 heavy (non-hydrogen) atoms. The summed E-state index contributed by atoms with van der Waals surface area (Å²) in [4.78, 5) is 17.8. The summed E-state index contributed by atoms with van der Waals surface area (Å²) >= 11 is 0. The monoisotopic (exact) mass is 183 g/mol. The average Bonchev–Trinajstić information content (AvgIpc) is 2.57. The first-order valence-corrected chi connectivity index (χ1v) is 4.13. The van der Waals surface area contributed by atoms with Crippen molar-refractivity contribution in [3.05, 3.63) is 18.2 Å². The molecule has 0 aliphatic heterocycles. The van der Waals surface area contributed by atoms with Crippen LogP contribution in [-0.4, -0.2) is 28.6 Å². The van der Waals surface area contributed by atoms with Gasteiger partial charge >= 0.3 is 5.97 Å². The highest BCUT2D eigenvalue weighted by atomic mass is 16.5. The van der Waals surface area contributed by atoms with Crippen LogP contribution in [0.15, 0.2) is 12.5 Å². The highest BCUT2D eigenvalue weighted by molar-refractivity contribution is 5.75. The van der Waals surface area contributed by atoms with Crippen LogP contribution in [0.2, 0.25) is 0 Å². The summed E-state index contributed by atoms with van der Waals surface area (Å²) in [5.74, 6) is -0.378. The smallest absolute Gasteiger partial charge is 0.323 e. The highest BCUT2D eigenvalue weighted by Crippen LogP contribution is 1.97. The molecular weight excluding hydrogens is 170 g/mol. The van der Waals surface area contributed by atoms with E-state index in [1.807, 2.05) is 0 Å². The van der Waals surface area contributed by atoms with Crippen LogP contribution in [0.4, 0.5) is 0 Å². The quantitative estimate of drug-likeness (QED) is 0.636. The zero-order valence-electron chi connectivity index (χ0n) is 7.49. The number of esters is 1. The molecule has 0 saturated carbocycles. The van der Waals surface area contributed by atoms with E-state index in [2.05, 4.69) is 9.97 Å². The van der Waals surface area contributed by atoms with Crippen LogP contribution in [0.1, 0.15) is 12.6 Å². The van der Waals surface area contributed by atoms with Crippen LogP contribution in [0.25, 0.3) is 0 Å². The van der Waals surface area contributed by atoms with Crippen molar-refractivity contribution in [1.29, 1.82) is 0 Å². The van der Waals surface area contributed by atoms with Crippen molar-refractivity contribution in [3.63, 3.8) is 0 Å². The summed E-state index contributed by atoms with van der Waals surface area (Å²) in [5, 5.41) is 0. The first-order chi connectivity index (χ1) is 6.24. The van der Waals surface area contributed by atoms with Gasteiger partial charge in [0.25, 0.3) is 0 Å². The number of hydrogen-bond acceptors (Lipinski definition) is 4. The van der Waals surface area contributed by atoms with Crippen molar-refractivity contribution in [2.75, 3.05) is 6.61 Å². The highest BCUT2D eigenvalue weighted by Gasteiger charge is 2.15. The SMILES string of the molecule is CCOC(=O)[C@H](N)Cc1cnc[nH]1. The molecular formula is C8H13N3O2. The number of aromatic amines is 1. The minimum absolute atomic E-state index is 0.357. The van der Waals surface area contributed by atoms with Crippen molar-refractivity contribution in [1.82, 2.24) is 9.97 Å². The first-order valence-electron chi connectivity index (χ1n) is 4.13. The molecule has 0 saturated heterocycles. The van der Waals surface area contributed by atoms with Gasteiger partial charge in [0, 0.05) is 18.3 Å². The fraction of sp³-hybridized carbons (Fsp3) is 0.500. The summed E-state index contributed by atoms with van der Waals surface area (Å²) in [6.45, 7) is 2.11. The number of nitrogens with one attached hydrogen (secondary N) is 1. The second-order valence-corrected chi connectivity index (χ2v) is 2.64. The summed E-state index contributed by atoms with van der Waals surface area (Å²) in [5.41, 5.74) is 6.41. The molecule has 0 aliphatic carbocycles. The number of imidazole rings is 1. The molecule has 1 aromatic rings. The lowest BCUT2D eigenvalue weighted by Crippen LogP contribution is -2.34. The maximum absolute atomic E-state index is 11.1. The van der Waals surface area contributed by atoms with Gasteiger partial charge in [-0.3, -0.25) is 4.79 Å². The van der Waals surface area contributed by atoms with Gasteiger partial charge in [-0.2, -0.15) is 0 Å². The molecule has 0 fully saturated rings. The van der Waals surface area contributed by atoms with E-state index in [-0.39, 0.29) is 5.97 Å². The van der Waals surface area contributed by atoms with Gasteiger partial charge in [0.15, 0.2) is 0 Å². The molecule has 5 heteroatoms. The van der Waals surface area contributed by atoms with E-state index in [9.17, 15) is 4.79 Å². The Hall–Kier alpha value is -1.36. The summed E-state index contributed by atoms with van der Waals surface area (Å²) in [6, 6.07) is -0.611. The number of hydrogen-bond donors (Lipinski definition) is 2. The molecule has 0 aliphatic rings. The van der Waals surface area contributed by atoms with Gasteiger partial charge in [-0.05, 0) is 6.92 Å². The number of nitrogens with two attached hydrogens (primary N) is 1. The van der Waals surface area contributed by atoms with Gasteiger partial charge in [-0.25, -0.2) is 4.98 Å². The number of aromatic nitrogens is 2. The minimum atomic E-state index is -0.611. The van der Waals surface area contributed by atoms with E-state index < -0.39 is 6.04 Å². The van der Waals surface area contributed by atoms with E-state index in [0.29, 0.717) is 13.0 Å². The van der Waals surface area contributed by atoms with Crippen LogP contribution in [0.5, 0.6) is 0 Å². The van der Waals surface area contributed by atoms with Crippen LogP contribution in [0, 0.1) is 0 Å². The van der Waals surface area contributed by atoms with Gasteiger partial charge in [0.05, 0.1) is 12.9 Å². The lowest BCUT2D eigenvalue weighted by Gasteiger charge is -2.08. The van der Waals surface area contributed by atoms with Crippen molar-refractivity contribution in [2.45, 2.75) is 19.4 Å². The third-order valence-corrected chi connectivity index (χ3v) is 1.58. The molecule has 0 spiro atoms. The Morgan fingerprint density at radius 2 is 2.62 bits per heavy atom. The van der Waals surface area contributed by atoms with Crippen LogP contribution >= 0.6 is 0 Å². The van der Waals surface area contributed by atoms with Crippen LogP contribution < -0.4 is 5.73 Å². The number of rotatable bonds is 4. The van der Waals surface area contributed by atoms with Crippen LogP contribution in [0.3, 0.4) is 0 Å². The Morgan fingerprint density at radius 1 is 1.85 bits per heavy atom. The Balaban J connectivity index is 2.41. The summed E-state index contributed by atoms with van der Waals surface area (Å²) in [7, 11) is 0. The van der Waals surface area contributed by atoms with Gasteiger partial charge in [-0.1, -0.05) is 0 Å². The number of carbonyl (C=O) groups excluding carboxylic acids is 1. The fourth-order valence-electron chi connectivity index (χ4n) is 0.966. The molecule has 3 N–H and O–H groups in total. The molecule has 0 unspecified atom stereocenters. The number of carbonyl (C=O) groups is 1. The standard InChI is InChI=1S/C8H13N3O2/c1-2-13-8(12)7(9)3-6-4-10-5-11-6/h4-5,7H,2-3,9H2,1H3,(H,10,11)/t7-/m1/s1. The van der Waals surface area contributed by atoms with Gasteiger partial charge in [0.1, 0.15) is 6.04 Å². The fourth-order valence-corrected chi connectivity index (χ4v) is 0.966. The zero-order chi connectivity index (χ0) is 9.68. The first kappa shape index (κ1) is 9.73. The van der Waals surface area contributed by atoms with E-state index in [0.717, 1.165) is 5.69 Å². The topological polar surface area (TPSA) is 81.0 Å². The molecule has 0 bridgehead atoms. The third-order valence-electron chi connectivity index (χ3n) is 1.58. The van der Waals surface area contributed by atoms with Gasteiger partial charge in [-0.15, -0.1) is 0 Å². The Morgan fingerprint density at radius 3 is 3.15 bits per heavy atom.